The van der Waals surface area contributed by atoms with Gasteiger partial charge in [0.2, 0.25) is 11.8 Å². The number of carbonyl (C=O) groups excluding carboxylic acids is 2. The molecule has 1 aliphatic heterocycles. The molecule has 0 saturated carbocycles. The van der Waals surface area contributed by atoms with Gasteiger partial charge in [-0.1, -0.05) is 0 Å². The number of hydrogen-bond acceptors (Lipinski definition) is 3. The van der Waals surface area contributed by atoms with E-state index < -0.39 is 5.54 Å². The summed E-state index contributed by atoms with van der Waals surface area (Å²) in [5.41, 5.74) is -0.583. The lowest BCUT2D eigenvalue weighted by Crippen LogP contribution is -2.51. The Morgan fingerprint density at radius 1 is 1.56 bits per heavy atom. The third-order valence-corrected chi connectivity index (χ3v) is 3.17. The second-order valence-corrected chi connectivity index (χ2v) is 4.84. The van der Waals surface area contributed by atoms with E-state index in [0.717, 1.165) is 6.42 Å². The van der Waals surface area contributed by atoms with E-state index >= 15 is 0 Å². The first kappa shape index (κ1) is 13.0. The first-order valence-electron chi connectivity index (χ1n) is 5.54. The van der Waals surface area contributed by atoms with Crippen molar-refractivity contribution in [3.8, 4) is 0 Å². The van der Waals surface area contributed by atoms with Crippen LogP contribution in [0.3, 0.4) is 0 Å². The summed E-state index contributed by atoms with van der Waals surface area (Å²) in [5.74, 6) is -0.0853. The molecule has 92 valence electrons. The molecule has 1 saturated heterocycles. The van der Waals surface area contributed by atoms with Crippen molar-refractivity contribution in [3.63, 3.8) is 0 Å². The van der Waals surface area contributed by atoms with E-state index in [2.05, 4.69) is 0 Å². The minimum Gasteiger partial charge on any atom is -0.394 e. The third-order valence-electron chi connectivity index (χ3n) is 3.17. The Morgan fingerprint density at radius 3 is 2.62 bits per heavy atom. The Bertz CT molecular complexity index is 289. The summed E-state index contributed by atoms with van der Waals surface area (Å²) in [6, 6.07) is 0. The van der Waals surface area contributed by atoms with Crippen molar-refractivity contribution in [3.05, 3.63) is 0 Å². The summed E-state index contributed by atoms with van der Waals surface area (Å²) in [7, 11) is 1.65. The van der Waals surface area contributed by atoms with Gasteiger partial charge in [-0.2, -0.15) is 0 Å². The van der Waals surface area contributed by atoms with Crippen LogP contribution in [0.5, 0.6) is 0 Å². The molecule has 1 fully saturated rings. The first-order valence-corrected chi connectivity index (χ1v) is 5.54. The maximum Gasteiger partial charge on any atom is 0.242 e. The Labute approximate surface area is 96.0 Å². The van der Waals surface area contributed by atoms with Crippen molar-refractivity contribution in [2.24, 2.45) is 0 Å². The van der Waals surface area contributed by atoms with Crippen LogP contribution in [0.25, 0.3) is 0 Å². The van der Waals surface area contributed by atoms with E-state index in [4.69, 9.17) is 5.11 Å². The van der Waals surface area contributed by atoms with E-state index in [1.54, 1.807) is 25.8 Å². The normalized spacial score (nSPS) is 16.8. The van der Waals surface area contributed by atoms with Gasteiger partial charge in [0.25, 0.3) is 0 Å². The Hall–Kier alpha value is -1.10. The smallest absolute Gasteiger partial charge is 0.242 e. The van der Waals surface area contributed by atoms with Crippen LogP contribution in [0.2, 0.25) is 0 Å². The molecule has 0 radical (unpaired) electrons. The van der Waals surface area contributed by atoms with Gasteiger partial charge < -0.3 is 14.9 Å². The molecule has 0 aromatic rings. The molecule has 0 bridgehead atoms. The molecule has 0 unspecified atom stereocenters. The van der Waals surface area contributed by atoms with Crippen LogP contribution in [-0.2, 0) is 9.59 Å². The summed E-state index contributed by atoms with van der Waals surface area (Å²) in [6.07, 6.45) is 1.37. The van der Waals surface area contributed by atoms with Crippen LogP contribution in [0.15, 0.2) is 0 Å². The highest BCUT2D eigenvalue weighted by Gasteiger charge is 2.30. The highest BCUT2D eigenvalue weighted by Crippen LogP contribution is 2.14. The minimum atomic E-state index is -0.583. The lowest BCUT2D eigenvalue weighted by Gasteiger charge is -2.34. The fraction of sp³-hybridized carbons (Fsp3) is 0.818. The standard InChI is InChI=1S/C11H20N2O3/c1-11(2,8-14)12(3)10(16)7-13-6-4-5-9(13)15/h14H,4-8H2,1-3H3. The highest BCUT2D eigenvalue weighted by atomic mass is 16.3. The number of hydrogen-bond donors (Lipinski definition) is 1. The predicted octanol–water partition coefficient (Wildman–Crippen LogP) is -0.162. The quantitative estimate of drug-likeness (QED) is 0.727. The summed E-state index contributed by atoms with van der Waals surface area (Å²) in [6.45, 7) is 4.27. The average Bonchev–Trinajstić information content (AvgIpc) is 2.63. The fourth-order valence-corrected chi connectivity index (χ4v) is 1.58. The zero-order valence-electron chi connectivity index (χ0n) is 10.2. The summed E-state index contributed by atoms with van der Waals surface area (Å²) < 4.78 is 0. The van der Waals surface area contributed by atoms with Crippen molar-refractivity contribution < 1.29 is 14.7 Å². The Balaban J connectivity index is 2.55. The van der Waals surface area contributed by atoms with Crippen LogP contribution in [0, 0.1) is 0 Å². The summed E-state index contributed by atoms with van der Waals surface area (Å²) in [4.78, 5) is 26.3. The van der Waals surface area contributed by atoms with Crippen molar-refractivity contribution in [2.75, 3.05) is 26.7 Å². The van der Waals surface area contributed by atoms with Crippen LogP contribution >= 0.6 is 0 Å². The molecule has 0 aromatic heterocycles. The number of likely N-dealkylation sites (N-methyl/N-ethyl adjacent to an activating group) is 1. The van der Waals surface area contributed by atoms with Gasteiger partial charge >= 0.3 is 0 Å². The molecule has 2 amide bonds. The molecule has 0 atom stereocenters. The molecular formula is C11H20N2O3. The first-order chi connectivity index (χ1) is 7.38. The van der Waals surface area contributed by atoms with Gasteiger partial charge in [-0.15, -0.1) is 0 Å². The van der Waals surface area contributed by atoms with Crippen molar-refractivity contribution >= 4 is 11.8 Å². The fourth-order valence-electron chi connectivity index (χ4n) is 1.58. The molecule has 16 heavy (non-hydrogen) atoms. The maximum absolute atomic E-state index is 11.9. The van der Waals surface area contributed by atoms with Gasteiger partial charge in [0.05, 0.1) is 18.7 Å². The van der Waals surface area contributed by atoms with Crippen molar-refractivity contribution in [1.29, 1.82) is 0 Å². The molecule has 0 spiro atoms. The largest absolute Gasteiger partial charge is 0.394 e. The topological polar surface area (TPSA) is 60.9 Å². The monoisotopic (exact) mass is 228 g/mol. The van der Waals surface area contributed by atoms with E-state index in [1.165, 1.54) is 4.90 Å². The lowest BCUT2D eigenvalue weighted by atomic mass is 10.1. The van der Waals surface area contributed by atoms with Crippen LogP contribution in [-0.4, -0.2) is 59.0 Å². The number of aliphatic hydroxyl groups excluding tert-OH is 1. The van der Waals surface area contributed by atoms with E-state index in [1.807, 2.05) is 0 Å². The number of likely N-dealkylation sites (tertiary alicyclic amines) is 1. The Morgan fingerprint density at radius 2 is 2.19 bits per heavy atom. The number of rotatable bonds is 4. The zero-order valence-corrected chi connectivity index (χ0v) is 10.2. The number of nitrogens with zero attached hydrogens (tertiary/aromatic N) is 2. The average molecular weight is 228 g/mol. The third kappa shape index (κ3) is 2.72. The number of aliphatic hydroxyl groups is 1. The van der Waals surface area contributed by atoms with Crippen LogP contribution < -0.4 is 0 Å². The zero-order chi connectivity index (χ0) is 12.3. The lowest BCUT2D eigenvalue weighted by molar-refractivity contribution is -0.141. The molecule has 0 aliphatic carbocycles. The maximum atomic E-state index is 11.9. The molecule has 1 heterocycles. The molecule has 1 rings (SSSR count). The van der Waals surface area contributed by atoms with Crippen molar-refractivity contribution in [1.82, 2.24) is 9.80 Å². The van der Waals surface area contributed by atoms with Gasteiger partial charge in [-0.25, -0.2) is 0 Å². The van der Waals surface area contributed by atoms with Gasteiger partial charge in [-0.05, 0) is 20.3 Å². The molecule has 5 nitrogen and oxygen atoms in total. The van der Waals surface area contributed by atoms with E-state index in [0.29, 0.717) is 13.0 Å². The minimum absolute atomic E-state index is 0.0450. The van der Waals surface area contributed by atoms with Gasteiger partial charge in [0.1, 0.15) is 0 Å². The molecule has 1 aliphatic rings. The van der Waals surface area contributed by atoms with Crippen molar-refractivity contribution in [2.45, 2.75) is 32.2 Å². The highest BCUT2D eigenvalue weighted by molar-refractivity contribution is 5.86. The number of carbonyl (C=O) groups is 2. The van der Waals surface area contributed by atoms with Crippen LogP contribution in [0.4, 0.5) is 0 Å². The van der Waals surface area contributed by atoms with Gasteiger partial charge in [-0.3, -0.25) is 9.59 Å². The SMILES string of the molecule is CN(C(=O)CN1CCCC1=O)C(C)(C)CO. The summed E-state index contributed by atoms with van der Waals surface area (Å²) >= 11 is 0. The molecule has 5 heteroatoms. The Kier molecular flexibility index (Phi) is 3.91. The predicted molar refractivity (Wildman–Crippen MR) is 59.7 cm³/mol. The summed E-state index contributed by atoms with van der Waals surface area (Å²) in [5, 5.41) is 9.15. The molecule has 1 N–H and O–H groups in total. The second kappa shape index (κ2) is 4.82. The molecule has 0 aromatic carbocycles. The van der Waals surface area contributed by atoms with Gasteiger partial charge in [0, 0.05) is 20.0 Å². The number of amides is 2. The molecular weight excluding hydrogens is 208 g/mol. The van der Waals surface area contributed by atoms with Gasteiger partial charge in [0.15, 0.2) is 0 Å². The van der Waals surface area contributed by atoms with E-state index in [-0.39, 0.29) is 25.0 Å². The van der Waals surface area contributed by atoms with E-state index in [9.17, 15) is 9.59 Å². The second-order valence-electron chi connectivity index (χ2n) is 4.84. The van der Waals surface area contributed by atoms with Crippen LogP contribution in [0.1, 0.15) is 26.7 Å².